The van der Waals surface area contributed by atoms with Crippen molar-refractivity contribution >= 4 is 11.9 Å². The van der Waals surface area contributed by atoms with Crippen molar-refractivity contribution in [1.29, 1.82) is 0 Å². The Labute approximate surface area is 135 Å². The first kappa shape index (κ1) is 19.1. The molecule has 0 saturated heterocycles. The summed E-state index contributed by atoms with van der Waals surface area (Å²) in [4.78, 5) is 57.9. The highest BCUT2D eigenvalue weighted by Crippen LogP contribution is 1.93. The first-order chi connectivity index (χ1) is 11.3. The van der Waals surface area contributed by atoms with Gasteiger partial charge in [0.1, 0.15) is 0 Å². The van der Waals surface area contributed by atoms with Crippen molar-refractivity contribution in [2.75, 3.05) is 0 Å². The van der Waals surface area contributed by atoms with E-state index in [9.17, 15) is 24.0 Å². The van der Waals surface area contributed by atoms with Crippen LogP contribution in [0.2, 0.25) is 0 Å². The maximum absolute atomic E-state index is 12.3. The lowest BCUT2D eigenvalue weighted by Crippen LogP contribution is -2.54. The van der Waals surface area contributed by atoms with Crippen LogP contribution in [0.4, 0.5) is 0 Å². The molecule has 10 nitrogen and oxygen atoms in total. The normalized spacial score (nSPS) is 10.5. The Morgan fingerprint density at radius 2 is 1.21 bits per heavy atom. The van der Waals surface area contributed by atoms with Crippen LogP contribution >= 0.6 is 0 Å². The van der Waals surface area contributed by atoms with E-state index < -0.39 is 29.0 Å². The summed E-state index contributed by atoms with van der Waals surface area (Å²) in [6.07, 6.45) is 0.950. The number of rotatable bonds is 10. The zero-order valence-corrected chi connectivity index (χ0v) is 13.0. The van der Waals surface area contributed by atoms with Crippen molar-refractivity contribution in [2.45, 2.75) is 45.3 Å². The summed E-state index contributed by atoms with van der Waals surface area (Å²) in [6, 6.07) is 0. The van der Waals surface area contributed by atoms with Crippen molar-refractivity contribution in [2.24, 2.45) is 0 Å². The third-order valence-electron chi connectivity index (χ3n) is 3.24. The molecule has 0 aliphatic carbocycles. The van der Waals surface area contributed by atoms with Crippen molar-refractivity contribution < 1.29 is 19.8 Å². The summed E-state index contributed by atoms with van der Waals surface area (Å²) >= 11 is 0. The quantitative estimate of drug-likeness (QED) is 0.525. The summed E-state index contributed by atoms with van der Waals surface area (Å²) in [7, 11) is 0. The fourth-order valence-corrected chi connectivity index (χ4v) is 2.13. The number of allylic oxidation sites excluding steroid dienone is 1. The number of aliphatic carboxylic acids is 2. The van der Waals surface area contributed by atoms with E-state index in [4.69, 9.17) is 10.2 Å². The highest BCUT2D eigenvalue weighted by atomic mass is 16.4. The molecule has 0 radical (unpaired) electrons. The summed E-state index contributed by atoms with van der Waals surface area (Å²) in [5.41, 5.74) is -2.56. The van der Waals surface area contributed by atoms with E-state index in [0.717, 1.165) is 13.7 Å². The van der Waals surface area contributed by atoms with Crippen LogP contribution in [0.25, 0.3) is 0 Å². The SMILES string of the molecule is C=CCn1c(=O)n(CCCC(=O)O)c(=O)n(CCCC(=O)O)c1=O. The molecule has 0 aliphatic heterocycles. The van der Waals surface area contributed by atoms with E-state index in [0.29, 0.717) is 0 Å². The second kappa shape index (κ2) is 8.65. The molecule has 2 N–H and O–H groups in total. The first-order valence-electron chi connectivity index (χ1n) is 7.28. The Morgan fingerprint density at radius 3 is 1.54 bits per heavy atom. The van der Waals surface area contributed by atoms with Crippen LogP contribution in [0.1, 0.15) is 25.7 Å². The zero-order valence-electron chi connectivity index (χ0n) is 13.0. The lowest BCUT2D eigenvalue weighted by molar-refractivity contribution is -0.138. The minimum Gasteiger partial charge on any atom is -0.481 e. The lowest BCUT2D eigenvalue weighted by Gasteiger charge is -2.12. The Hall–Kier alpha value is -2.91. The molecule has 1 aromatic rings. The molecule has 0 aromatic carbocycles. The Bertz CT molecular complexity index is 742. The molecule has 0 saturated carbocycles. The smallest absolute Gasteiger partial charge is 0.336 e. The van der Waals surface area contributed by atoms with Crippen LogP contribution < -0.4 is 17.1 Å². The van der Waals surface area contributed by atoms with Gasteiger partial charge in [0.25, 0.3) is 0 Å². The van der Waals surface area contributed by atoms with Crippen LogP contribution in [0.15, 0.2) is 27.0 Å². The van der Waals surface area contributed by atoms with E-state index in [2.05, 4.69) is 6.58 Å². The second-order valence-electron chi connectivity index (χ2n) is 5.04. The highest BCUT2D eigenvalue weighted by Gasteiger charge is 2.15. The molecule has 0 fully saturated rings. The maximum atomic E-state index is 12.3. The average molecular weight is 341 g/mol. The largest absolute Gasteiger partial charge is 0.481 e. The highest BCUT2D eigenvalue weighted by molar-refractivity contribution is 5.66. The monoisotopic (exact) mass is 341 g/mol. The van der Waals surface area contributed by atoms with Crippen molar-refractivity contribution in [3.63, 3.8) is 0 Å². The number of nitrogens with zero attached hydrogens (tertiary/aromatic N) is 3. The molecule has 0 spiro atoms. The number of aromatic nitrogens is 3. The van der Waals surface area contributed by atoms with Crippen LogP contribution in [0.5, 0.6) is 0 Å². The summed E-state index contributed by atoms with van der Waals surface area (Å²) in [5.74, 6) is -2.13. The molecule has 132 valence electrons. The van der Waals surface area contributed by atoms with Crippen LogP contribution in [0.3, 0.4) is 0 Å². The van der Waals surface area contributed by atoms with E-state index in [1.807, 2.05) is 0 Å². The number of carbonyl (C=O) groups is 2. The molecular formula is C14H19N3O7. The minimum atomic E-state index is -1.07. The van der Waals surface area contributed by atoms with Gasteiger partial charge in [0.15, 0.2) is 0 Å². The summed E-state index contributed by atoms with van der Waals surface area (Å²) in [6.45, 7) is 3.02. The fourth-order valence-electron chi connectivity index (χ4n) is 2.13. The fraction of sp³-hybridized carbons (Fsp3) is 0.500. The van der Waals surface area contributed by atoms with Crippen molar-refractivity contribution in [1.82, 2.24) is 13.7 Å². The molecule has 0 amide bonds. The topological polar surface area (TPSA) is 141 Å². The molecule has 10 heteroatoms. The second-order valence-corrected chi connectivity index (χ2v) is 5.04. The van der Waals surface area contributed by atoms with Gasteiger partial charge >= 0.3 is 29.0 Å². The number of carboxylic acid groups (broad SMARTS) is 2. The summed E-state index contributed by atoms with van der Waals surface area (Å²) in [5, 5.41) is 17.3. The minimum absolute atomic E-state index is 0.0475. The van der Waals surface area contributed by atoms with Crippen molar-refractivity contribution in [3.05, 3.63) is 44.1 Å². The van der Waals surface area contributed by atoms with Crippen LogP contribution in [-0.2, 0) is 29.2 Å². The van der Waals surface area contributed by atoms with Gasteiger partial charge in [-0.05, 0) is 12.8 Å². The van der Waals surface area contributed by atoms with Gasteiger partial charge in [-0.15, -0.1) is 6.58 Å². The van der Waals surface area contributed by atoms with Gasteiger partial charge in [-0.2, -0.15) is 0 Å². The third-order valence-corrected chi connectivity index (χ3v) is 3.24. The Balaban J connectivity index is 3.28. The Morgan fingerprint density at radius 1 is 0.833 bits per heavy atom. The Kier molecular flexibility index (Phi) is 6.90. The molecule has 0 bridgehead atoms. The maximum Gasteiger partial charge on any atom is 0.336 e. The summed E-state index contributed by atoms with van der Waals surface area (Å²) < 4.78 is 2.37. The zero-order chi connectivity index (χ0) is 18.3. The lowest BCUT2D eigenvalue weighted by atomic mass is 10.3. The predicted molar refractivity (Wildman–Crippen MR) is 83.2 cm³/mol. The molecule has 24 heavy (non-hydrogen) atoms. The number of carboxylic acids is 2. The molecule has 0 atom stereocenters. The van der Waals surface area contributed by atoms with E-state index >= 15 is 0 Å². The van der Waals surface area contributed by atoms with E-state index in [1.165, 1.54) is 6.08 Å². The van der Waals surface area contributed by atoms with E-state index in [-0.39, 0.29) is 45.3 Å². The molecule has 0 unspecified atom stereocenters. The predicted octanol–water partition coefficient (Wildman–Crippen LogP) is -0.913. The van der Waals surface area contributed by atoms with Gasteiger partial charge in [0, 0.05) is 25.9 Å². The van der Waals surface area contributed by atoms with Gasteiger partial charge in [0.2, 0.25) is 0 Å². The van der Waals surface area contributed by atoms with Gasteiger partial charge in [-0.1, -0.05) is 6.08 Å². The number of hydrogen-bond acceptors (Lipinski definition) is 5. The van der Waals surface area contributed by atoms with E-state index in [1.54, 1.807) is 0 Å². The van der Waals surface area contributed by atoms with Crippen LogP contribution in [-0.4, -0.2) is 35.9 Å². The molecule has 1 rings (SSSR count). The molecule has 1 aromatic heterocycles. The van der Waals surface area contributed by atoms with Gasteiger partial charge in [-0.25, -0.2) is 28.1 Å². The van der Waals surface area contributed by atoms with Gasteiger partial charge < -0.3 is 10.2 Å². The van der Waals surface area contributed by atoms with Gasteiger partial charge in [-0.3, -0.25) is 9.59 Å². The first-order valence-corrected chi connectivity index (χ1v) is 7.28. The average Bonchev–Trinajstić information content (AvgIpc) is 2.50. The molecule has 1 heterocycles. The van der Waals surface area contributed by atoms with Crippen molar-refractivity contribution in [3.8, 4) is 0 Å². The standard InChI is InChI=1S/C14H19N3O7/c1-2-7-15-12(22)16(8-3-5-10(18)19)14(24)17(13(15)23)9-4-6-11(20)21/h2H,1,3-9H2,(H,18,19)(H,20,21). The van der Waals surface area contributed by atoms with Gasteiger partial charge in [0.05, 0.1) is 6.54 Å². The number of hydrogen-bond donors (Lipinski definition) is 2. The molecule has 0 aliphatic rings. The molecular weight excluding hydrogens is 322 g/mol. The third kappa shape index (κ3) is 4.80. The van der Waals surface area contributed by atoms with Crippen LogP contribution in [0, 0.1) is 0 Å².